The van der Waals surface area contributed by atoms with Gasteiger partial charge in [-0.25, -0.2) is 0 Å². The van der Waals surface area contributed by atoms with E-state index in [1.54, 1.807) is 11.3 Å². The third-order valence-corrected chi connectivity index (χ3v) is 2.91. The lowest BCUT2D eigenvalue weighted by molar-refractivity contribution is 0.889. The van der Waals surface area contributed by atoms with Gasteiger partial charge >= 0.3 is 0 Å². The van der Waals surface area contributed by atoms with Gasteiger partial charge in [0, 0.05) is 4.88 Å². The summed E-state index contributed by atoms with van der Waals surface area (Å²) < 4.78 is 0.962. The minimum absolute atomic E-state index is 0.612. The minimum atomic E-state index is 0.612. The maximum absolute atomic E-state index is 5.70. The first-order valence-corrected chi connectivity index (χ1v) is 4.28. The summed E-state index contributed by atoms with van der Waals surface area (Å²) >= 11 is 1.70. The second-order valence-electron chi connectivity index (χ2n) is 2.85. The van der Waals surface area contributed by atoms with Crippen LogP contribution in [0.15, 0.2) is 6.07 Å². The number of thiophene rings is 1. The summed E-state index contributed by atoms with van der Waals surface area (Å²) in [5, 5.41) is 0. The Kier molecular flexibility index (Phi) is 2.19. The molecule has 0 spiro atoms. The fourth-order valence-electron chi connectivity index (χ4n) is 0.806. The highest BCUT2D eigenvalue weighted by molar-refractivity contribution is 7.20. The topological polar surface area (TPSA) is 0 Å². The van der Waals surface area contributed by atoms with Crippen LogP contribution in [0.3, 0.4) is 0 Å². The average Bonchev–Trinajstić information content (AvgIpc) is 2.13. The molecule has 2 radical (unpaired) electrons. The van der Waals surface area contributed by atoms with E-state index < -0.39 is 0 Å². The predicted molar refractivity (Wildman–Crippen MR) is 48.5 cm³/mol. The molecule has 1 aromatic rings. The quantitative estimate of drug-likeness (QED) is 0.537. The van der Waals surface area contributed by atoms with Crippen LogP contribution in [0.25, 0.3) is 0 Å². The summed E-state index contributed by atoms with van der Waals surface area (Å²) in [4.78, 5) is 1.38. The van der Waals surface area contributed by atoms with Gasteiger partial charge in [0.1, 0.15) is 7.85 Å². The highest BCUT2D eigenvalue weighted by Gasteiger charge is 2.03. The first-order valence-electron chi connectivity index (χ1n) is 3.47. The number of rotatable bonds is 1. The Balaban J connectivity index is 2.98. The molecule has 0 fully saturated rings. The molecule has 0 aliphatic rings. The van der Waals surface area contributed by atoms with Crippen LogP contribution in [0.5, 0.6) is 0 Å². The Labute approximate surface area is 67.7 Å². The van der Waals surface area contributed by atoms with E-state index in [0.29, 0.717) is 5.92 Å². The Hall–Kier alpha value is -0.235. The summed E-state index contributed by atoms with van der Waals surface area (Å²) in [6.45, 7) is 6.42. The normalized spacial score (nSPS) is 10.8. The van der Waals surface area contributed by atoms with Crippen LogP contribution in [-0.2, 0) is 0 Å². The van der Waals surface area contributed by atoms with Crippen molar-refractivity contribution in [3.63, 3.8) is 0 Å². The van der Waals surface area contributed by atoms with Crippen molar-refractivity contribution in [2.24, 2.45) is 0 Å². The molecule has 0 nitrogen and oxygen atoms in total. The average molecular weight is 150 g/mol. The Morgan fingerprint density at radius 2 is 2.10 bits per heavy atom. The van der Waals surface area contributed by atoms with Gasteiger partial charge in [-0.2, -0.15) is 11.3 Å². The molecule has 0 bridgehead atoms. The van der Waals surface area contributed by atoms with Crippen molar-refractivity contribution in [2.75, 3.05) is 0 Å². The van der Waals surface area contributed by atoms with Crippen LogP contribution in [0.2, 0.25) is 0 Å². The van der Waals surface area contributed by atoms with E-state index in [4.69, 9.17) is 7.85 Å². The number of aryl methyl sites for hydroxylation is 1. The van der Waals surface area contributed by atoms with Crippen molar-refractivity contribution in [2.45, 2.75) is 26.7 Å². The predicted octanol–water partition coefficient (Wildman–Crippen LogP) is 1.97. The Bertz CT molecular complexity index is 206. The molecule has 52 valence electrons. The standard InChI is InChI=1S/C8H11BS/c1-5(2)7-4-6(3)8(9)10-7/h4-5H,1-3H3. The molecule has 0 aliphatic carbocycles. The van der Waals surface area contributed by atoms with Crippen molar-refractivity contribution >= 4 is 24.0 Å². The molecule has 1 rings (SSSR count). The summed E-state index contributed by atoms with van der Waals surface area (Å²) in [5.41, 5.74) is 1.22. The Morgan fingerprint density at radius 3 is 2.30 bits per heavy atom. The van der Waals surface area contributed by atoms with Gasteiger partial charge in [-0.15, -0.1) is 0 Å². The lowest BCUT2D eigenvalue weighted by Crippen LogP contribution is -1.96. The zero-order chi connectivity index (χ0) is 7.72. The van der Waals surface area contributed by atoms with E-state index in [0.717, 1.165) is 4.78 Å². The van der Waals surface area contributed by atoms with Crippen molar-refractivity contribution in [1.29, 1.82) is 0 Å². The molecule has 0 N–H and O–H groups in total. The number of hydrogen-bond acceptors (Lipinski definition) is 1. The zero-order valence-electron chi connectivity index (χ0n) is 6.64. The van der Waals surface area contributed by atoms with Crippen LogP contribution >= 0.6 is 11.3 Å². The van der Waals surface area contributed by atoms with Gasteiger partial charge in [0.2, 0.25) is 0 Å². The summed E-state index contributed by atoms with van der Waals surface area (Å²) in [7, 11) is 5.70. The van der Waals surface area contributed by atoms with Crippen LogP contribution < -0.4 is 4.78 Å². The first-order chi connectivity index (χ1) is 4.61. The third kappa shape index (κ3) is 1.43. The molecular weight excluding hydrogens is 139 g/mol. The van der Waals surface area contributed by atoms with Gasteiger partial charge in [-0.3, -0.25) is 0 Å². The molecule has 0 saturated carbocycles. The molecule has 10 heavy (non-hydrogen) atoms. The highest BCUT2D eigenvalue weighted by Crippen LogP contribution is 2.19. The summed E-state index contributed by atoms with van der Waals surface area (Å²) in [6, 6.07) is 2.17. The third-order valence-electron chi connectivity index (χ3n) is 1.54. The van der Waals surface area contributed by atoms with Gasteiger partial charge in [-0.05, 0) is 29.2 Å². The van der Waals surface area contributed by atoms with Crippen molar-refractivity contribution in [1.82, 2.24) is 0 Å². The molecule has 1 heterocycles. The monoisotopic (exact) mass is 150 g/mol. The highest BCUT2D eigenvalue weighted by atomic mass is 32.1. The molecule has 0 saturated heterocycles. The lowest BCUT2D eigenvalue weighted by Gasteiger charge is -1.96. The van der Waals surface area contributed by atoms with Gasteiger partial charge in [-0.1, -0.05) is 13.8 Å². The van der Waals surface area contributed by atoms with E-state index in [-0.39, 0.29) is 0 Å². The van der Waals surface area contributed by atoms with E-state index in [1.807, 2.05) is 0 Å². The maximum Gasteiger partial charge on any atom is 0.129 e. The largest absolute Gasteiger partial charge is 0.156 e. The van der Waals surface area contributed by atoms with E-state index in [1.165, 1.54) is 10.4 Å². The SMILES string of the molecule is [B]c1sc(C(C)C)cc1C. The number of hydrogen-bond donors (Lipinski definition) is 0. The van der Waals surface area contributed by atoms with Crippen molar-refractivity contribution in [3.8, 4) is 0 Å². The van der Waals surface area contributed by atoms with Crippen LogP contribution in [-0.4, -0.2) is 7.85 Å². The first kappa shape index (κ1) is 7.87. The molecule has 0 aliphatic heterocycles. The lowest BCUT2D eigenvalue weighted by atomic mass is 10.0. The maximum atomic E-state index is 5.70. The minimum Gasteiger partial charge on any atom is -0.156 e. The molecule has 0 aromatic carbocycles. The smallest absolute Gasteiger partial charge is 0.129 e. The van der Waals surface area contributed by atoms with E-state index in [9.17, 15) is 0 Å². The van der Waals surface area contributed by atoms with E-state index >= 15 is 0 Å². The van der Waals surface area contributed by atoms with Crippen molar-refractivity contribution in [3.05, 3.63) is 16.5 Å². The molecular formula is C8H11BS. The molecule has 0 amide bonds. The van der Waals surface area contributed by atoms with Gasteiger partial charge in [0.25, 0.3) is 0 Å². The molecule has 0 atom stereocenters. The summed E-state index contributed by atoms with van der Waals surface area (Å²) in [6.07, 6.45) is 0. The van der Waals surface area contributed by atoms with Gasteiger partial charge < -0.3 is 0 Å². The molecule has 2 heteroatoms. The van der Waals surface area contributed by atoms with Crippen molar-refractivity contribution < 1.29 is 0 Å². The molecule has 0 unspecified atom stereocenters. The van der Waals surface area contributed by atoms with Gasteiger partial charge in [0.15, 0.2) is 0 Å². The second-order valence-corrected chi connectivity index (χ2v) is 3.97. The second kappa shape index (κ2) is 2.79. The zero-order valence-corrected chi connectivity index (χ0v) is 7.46. The fraction of sp³-hybridized carbons (Fsp3) is 0.500. The van der Waals surface area contributed by atoms with E-state index in [2.05, 4.69) is 26.8 Å². The van der Waals surface area contributed by atoms with Gasteiger partial charge in [0.05, 0.1) is 0 Å². The summed E-state index contributed by atoms with van der Waals surface area (Å²) in [5.74, 6) is 0.612. The fourth-order valence-corrected chi connectivity index (χ4v) is 1.75. The van der Waals surface area contributed by atoms with Crippen LogP contribution in [0.4, 0.5) is 0 Å². The Morgan fingerprint density at radius 1 is 1.50 bits per heavy atom. The van der Waals surface area contributed by atoms with Crippen LogP contribution in [0.1, 0.15) is 30.2 Å². The van der Waals surface area contributed by atoms with Crippen LogP contribution in [0, 0.1) is 6.92 Å². The molecule has 1 aromatic heterocycles.